The number of hydrogen-bond acceptors (Lipinski definition) is 4. The molecule has 0 aliphatic carbocycles. The van der Waals surface area contributed by atoms with Crippen LogP contribution in [0.15, 0.2) is 47.4 Å². The second-order valence-corrected chi connectivity index (χ2v) is 10.0. The first-order valence-electron chi connectivity index (χ1n) is 9.91. The molecule has 0 bridgehead atoms. The number of carbonyl (C=O) groups excluding carboxylic acids is 1. The topological polar surface area (TPSA) is 66.9 Å². The van der Waals surface area contributed by atoms with Gasteiger partial charge in [-0.1, -0.05) is 36.7 Å². The van der Waals surface area contributed by atoms with Crippen LogP contribution < -0.4 is 4.74 Å². The van der Waals surface area contributed by atoms with Gasteiger partial charge >= 0.3 is 0 Å². The molecule has 3 rings (SSSR count). The van der Waals surface area contributed by atoms with Crippen LogP contribution in [0.4, 0.5) is 0 Å². The molecule has 0 unspecified atom stereocenters. The molecule has 1 fully saturated rings. The predicted octanol–water partition coefficient (Wildman–Crippen LogP) is 4.04. The van der Waals surface area contributed by atoms with Crippen LogP contribution in [0, 0.1) is 5.92 Å². The first kappa shape index (κ1) is 22.6. The van der Waals surface area contributed by atoms with Gasteiger partial charge in [-0.3, -0.25) is 4.79 Å². The van der Waals surface area contributed by atoms with Crippen LogP contribution in [0.5, 0.6) is 5.75 Å². The molecule has 1 heterocycles. The molecule has 30 heavy (non-hydrogen) atoms. The van der Waals surface area contributed by atoms with E-state index in [4.69, 9.17) is 16.3 Å². The van der Waals surface area contributed by atoms with Gasteiger partial charge in [-0.05, 0) is 43.0 Å². The van der Waals surface area contributed by atoms with Gasteiger partial charge in [-0.2, -0.15) is 4.31 Å². The minimum absolute atomic E-state index is 0.0931. The van der Waals surface area contributed by atoms with Crippen molar-refractivity contribution in [2.24, 2.45) is 5.92 Å². The fourth-order valence-corrected chi connectivity index (χ4v) is 5.26. The van der Waals surface area contributed by atoms with E-state index < -0.39 is 10.0 Å². The van der Waals surface area contributed by atoms with Crippen LogP contribution in [-0.2, 0) is 16.6 Å². The smallest absolute Gasteiger partial charge is 0.255 e. The van der Waals surface area contributed by atoms with Crippen molar-refractivity contribution in [1.29, 1.82) is 0 Å². The first-order valence-corrected chi connectivity index (χ1v) is 11.7. The summed E-state index contributed by atoms with van der Waals surface area (Å²) in [6.45, 7) is 3.41. The van der Waals surface area contributed by atoms with Crippen molar-refractivity contribution in [3.8, 4) is 5.75 Å². The summed E-state index contributed by atoms with van der Waals surface area (Å²) in [6, 6.07) is 11.8. The van der Waals surface area contributed by atoms with Crippen molar-refractivity contribution in [2.75, 3.05) is 27.2 Å². The number of nitrogens with zero attached hydrogens (tertiary/aromatic N) is 2. The Morgan fingerprint density at radius 3 is 2.53 bits per heavy atom. The van der Waals surface area contributed by atoms with Gasteiger partial charge in [-0.25, -0.2) is 8.42 Å². The number of benzene rings is 2. The third kappa shape index (κ3) is 4.79. The Balaban J connectivity index is 1.84. The van der Waals surface area contributed by atoms with Crippen molar-refractivity contribution in [3.05, 3.63) is 58.6 Å². The van der Waals surface area contributed by atoms with Crippen LogP contribution in [0.25, 0.3) is 0 Å². The molecule has 0 atom stereocenters. The molecule has 6 nitrogen and oxygen atoms in total. The summed E-state index contributed by atoms with van der Waals surface area (Å²) in [5, 5.41) is 0.220. The minimum atomic E-state index is -3.67. The largest absolute Gasteiger partial charge is 0.496 e. The van der Waals surface area contributed by atoms with Crippen LogP contribution in [0.2, 0.25) is 5.02 Å². The lowest BCUT2D eigenvalue weighted by molar-refractivity contribution is 0.0784. The van der Waals surface area contributed by atoms with Crippen molar-refractivity contribution >= 4 is 27.5 Å². The minimum Gasteiger partial charge on any atom is -0.496 e. The lowest BCUT2D eigenvalue weighted by Gasteiger charge is -2.29. The Hall–Kier alpha value is -2.09. The summed E-state index contributed by atoms with van der Waals surface area (Å²) in [7, 11) is -0.442. The Kier molecular flexibility index (Phi) is 7.06. The molecule has 0 N–H and O–H groups in total. The van der Waals surface area contributed by atoms with Gasteiger partial charge in [-0.15, -0.1) is 0 Å². The zero-order valence-electron chi connectivity index (χ0n) is 17.5. The molecule has 1 saturated heterocycles. The van der Waals surface area contributed by atoms with E-state index in [1.165, 1.54) is 27.4 Å². The Bertz CT molecular complexity index is 1020. The number of ether oxygens (including phenoxy) is 1. The molecule has 0 saturated carbocycles. The molecule has 0 aromatic heterocycles. The highest BCUT2D eigenvalue weighted by Gasteiger charge is 2.29. The van der Waals surface area contributed by atoms with Crippen LogP contribution >= 0.6 is 11.6 Å². The third-order valence-corrected chi connectivity index (χ3v) is 7.72. The molecule has 2 aromatic carbocycles. The van der Waals surface area contributed by atoms with E-state index in [1.54, 1.807) is 14.2 Å². The van der Waals surface area contributed by atoms with E-state index >= 15 is 0 Å². The Morgan fingerprint density at radius 1 is 1.20 bits per heavy atom. The SMILES string of the molecule is COc1ccccc1CN(C)C(=O)c1cc(S(=O)(=O)N2CCC(C)CC2)ccc1Cl. The maximum atomic E-state index is 13.1. The zero-order chi connectivity index (χ0) is 21.9. The summed E-state index contributed by atoms with van der Waals surface area (Å²) >= 11 is 6.27. The average Bonchev–Trinajstić information content (AvgIpc) is 2.74. The number of rotatable bonds is 6. The number of piperidine rings is 1. The monoisotopic (exact) mass is 450 g/mol. The molecule has 1 aliphatic heterocycles. The quantitative estimate of drug-likeness (QED) is 0.666. The van der Waals surface area contributed by atoms with Crippen LogP contribution in [0.3, 0.4) is 0 Å². The molecule has 2 aromatic rings. The Morgan fingerprint density at radius 2 is 1.87 bits per heavy atom. The fourth-order valence-electron chi connectivity index (χ4n) is 3.57. The summed E-state index contributed by atoms with van der Waals surface area (Å²) in [6.07, 6.45) is 1.67. The maximum Gasteiger partial charge on any atom is 0.255 e. The summed E-state index contributed by atoms with van der Waals surface area (Å²) in [5.41, 5.74) is 1.01. The van der Waals surface area contributed by atoms with E-state index in [1.807, 2.05) is 24.3 Å². The molecule has 8 heteroatoms. The van der Waals surface area contributed by atoms with E-state index in [0.717, 1.165) is 18.4 Å². The number of para-hydroxylation sites is 1. The zero-order valence-corrected chi connectivity index (χ0v) is 19.0. The average molecular weight is 451 g/mol. The van der Waals surface area contributed by atoms with E-state index in [2.05, 4.69) is 6.92 Å². The standard InChI is InChI=1S/C22H27ClN2O4S/c1-16-10-12-25(13-11-16)30(27,28)18-8-9-20(23)19(14-18)22(26)24(2)15-17-6-4-5-7-21(17)29-3/h4-9,14,16H,10-13,15H2,1-3H3. The molecule has 1 aliphatic rings. The van der Waals surface area contributed by atoms with Gasteiger partial charge in [0.25, 0.3) is 5.91 Å². The van der Waals surface area contributed by atoms with Gasteiger partial charge < -0.3 is 9.64 Å². The van der Waals surface area contributed by atoms with Gasteiger partial charge in [0.05, 0.1) is 22.6 Å². The highest BCUT2D eigenvalue weighted by atomic mass is 35.5. The first-order chi connectivity index (χ1) is 14.2. The van der Waals surface area contributed by atoms with Crippen LogP contribution in [0.1, 0.15) is 35.7 Å². The van der Waals surface area contributed by atoms with E-state index in [0.29, 0.717) is 31.3 Å². The van der Waals surface area contributed by atoms with Crippen LogP contribution in [-0.4, -0.2) is 50.8 Å². The predicted molar refractivity (Wildman–Crippen MR) is 117 cm³/mol. The maximum absolute atomic E-state index is 13.1. The number of amides is 1. The molecule has 1 amide bonds. The second-order valence-electron chi connectivity index (χ2n) is 7.70. The lowest BCUT2D eigenvalue weighted by Crippen LogP contribution is -2.38. The fraction of sp³-hybridized carbons (Fsp3) is 0.409. The highest BCUT2D eigenvalue weighted by Crippen LogP contribution is 2.28. The summed E-state index contributed by atoms with van der Waals surface area (Å²) in [5.74, 6) is 0.844. The number of halogens is 1. The Labute approximate surface area is 183 Å². The molecule has 0 spiro atoms. The van der Waals surface area contributed by atoms with Crippen molar-refractivity contribution in [1.82, 2.24) is 9.21 Å². The summed E-state index contributed by atoms with van der Waals surface area (Å²) < 4.78 is 33.0. The molecular weight excluding hydrogens is 424 g/mol. The normalized spacial score (nSPS) is 15.7. The van der Waals surface area contributed by atoms with E-state index in [-0.39, 0.29) is 21.4 Å². The molecule has 162 valence electrons. The van der Waals surface area contributed by atoms with Gasteiger partial charge in [0.2, 0.25) is 10.0 Å². The highest BCUT2D eigenvalue weighted by molar-refractivity contribution is 7.89. The van der Waals surface area contributed by atoms with Crippen molar-refractivity contribution in [3.63, 3.8) is 0 Å². The van der Waals surface area contributed by atoms with Gasteiger partial charge in [0.15, 0.2) is 0 Å². The molecule has 0 radical (unpaired) electrons. The van der Waals surface area contributed by atoms with Crippen molar-refractivity contribution < 1.29 is 17.9 Å². The van der Waals surface area contributed by atoms with Crippen molar-refractivity contribution in [2.45, 2.75) is 31.2 Å². The van der Waals surface area contributed by atoms with Gasteiger partial charge in [0, 0.05) is 32.2 Å². The third-order valence-electron chi connectivity index (χ3n) is 5.50. The number of methoxy groups -OCH3 is 1. The second kappa shape index (κ2) is 9.37. The number of carbonyl (C=O) groups is 1. The lowest BCUT2D eigenvalue weighted by atomic mass is 10.0. The summed E-state index contributed by atoms with van der Waals surface area (Å²) in [4.78, 5) is 14.7. The van der Waals surface area contributed by atoms with Gasteiger partial charge in [0.1, 0.15) is 5.75 Å². The van der Waals surface area contributed by atoms with E-state index in [9.17, 15) is 13.2 Å². The number of hydrogen-bond donors (Lipinski definition) is 0. The molecular formula is C22H27ClN2O4S. The number of sulfonamides is 1.